The fourth-order valence-corrected chi connectivity index (χ4v) is 5.35. The zero-order valence-corrected chi connectivity index (χ0v) is 19.9. The van der Waals surface area contributed by atoms with Crippen LogP contribution < -0.4 is 10.2 Å². The van der Waals surface area contributed by atoms with Gasteiger partial charge in [0.25, 0.3) is 0 Å². The number of hydrogen-bond acceptors (Lipinski definition) is 6. The molecule has 2 unspecified atom stereocenters. The van der Waals surface area contributed by atoms with Crippen LogP contribution in [0.2, 0.25) is 0 Å². The smallest absolute Gasteiger partial charge is 0.223 e. The maximum absolute atomic E-state index is 5.08. The molecule has 0 radical (unpaired) electrons. The Labute approximate surface area is 187 Å². The summed E-state index contributed by atoms with van der Waals surface area (Å²) in [6.45, 7) is 6.51. The summed E-state index contributed by atoms with van der Waals surface area (Å²) in [4.78, 5) is 19.6. The number of fused-ring (bicyclic) bond motifs is 1. The van der Waals surface area contributed by atoms with Crippen molar-refractivity contribution >= 4 is 22.7 Å². The molecule has 1 aliphatic heterocycles. The van der Waals surface area contributed by atoms with Gasteiger partial charge in [-0.1, -0.05) is 32.6 Å². The lowest BCUT2D eigenvalue weighted by molar-refractivity contribution is 0.257. The van der Waals surface area contributed by atoms with Gasteiger partial charge in [-0.05, 0) is 59.0 Å². The van der Waals surface area contributed by atoms with Crippen LogP contribution in [-0.2, 0) is 0 Å². The summed E-state index contributed by atoms with van der Waals surface area (Å²) in [5.74, 6) is 2.39. The van der Waals surface area contributed by atoms with Gasteiger partial charge >= 0.3 is 0 Å². The third-order valence-electron chi connectivity index (χ3n) is 7.20. The van der Waals surface area contributed by atoms with Crippen LogP contribution in [-0.4, -0.2) is 59.1 Å². The number of pyridine rings is 1. The summed E-state index contributed by atoms with van der Waals surface area (Å²) in [6, 6.07) is 0.949. The molecule has 0 spiro atoms. The van der Waals surface area contributed by atoms with E-state index >= 15 is 0 Å². The van der Waals surface area contributed by atoms with Crippen molar-refractivity contribution < 1.29 is 0 Å². The van der Waals surface area contributed by atoms with Crippen LogP contribution in [0, 0.1) is 0 Å². The second-order valence-corrected chi connectivity index (χ2v) is 9.87. The zero-order valence-electron chi connectivity index (χ0n) is 19.9. The molecule has 31 heavy (non-hydrogen) atoms. The Hall–Kier alpha value is -1.95. The van der Waals surface area contributed by atoms with Gasteiger partial charge in [-0.3, -0.25) is 0 Å². The highest BCUT2D eigenvalue weighted by molar-refractivity contribution is 5.92. The maximum atomic E-state index is 5.08. The molecule has 2 aromatic heterocycles. The van der Waals surface area contributed by atoms with Gasteiger partial charge in [-0.2, -0.15) is 0 Å². The molecule has 0 bridgehead atoms. The molecule has 3 heterocycles. The Morgan fingerprint density at radius 3 is 2.65 bits per heavy atom. The van der Waals surface area contributed by atoms with E-state index in [0.717, 1.165) is 48.6 Å². The monoisotopic (exact) mass is 424 g/mol. The minimum absolute atomic E-state index is 0.379. The van der Waals surface area contributed by atoms with Crippen molar-refractivity contribution in [1.82, 2.24) is 19.9 Å². The van der Waals surface area contributed by atoms with Crippen molar-refractivity contribution in [3.05, 3.63) is 18.0 Å². The minimum Gasteiger partial charge on any atom is -0.354 e. The molecule has 1 N–H and O–H groups in total. The highest BCUT2D eigenvalue weighted by atomic mass is 15.2. The van der Waals surface area contributed by atoms with Crippen molar-refractivity contribution in [3.8, 4) is 0 Å². The number of likely N-dealkylation sites (N-methyl/N-ethyl adjacent to an activating group) is 1. The Morgan fingerprint density at radius 1 is 1.10 bits per heavy atom. The summed E-state index contributed by atoms with van der Waals surface area (Å²) in [7, 11) is 4.37. The molecular formula is C25H40N6. The first kappa shape index (κ1) is 22.3. The molecule has 6 heteroatoms. The number of anilines is 2. The molecule has 1 saturated carbocycles. The standard InChI is InChI=1S/C25H40N6/c1-5-10-18(2)28-25-27-16-22-23(29-25)21(19-11-7-6-8-12-19)15-26-24(22)31-14-9-13-20(17-31)30(3)4/h15-16,18-20H,5-14,17H2,1-4H3,(H,27,28,29). The fourth-order valence-electron chi connectivity index (χ4n) is 5.35. The first-order chi connectivity index (χ1) is 15.1. The quantitative estimate of drug-likeness (QED) is 0.659. The van der Waals surface area contributed by atoms with Crippen LogP contribution in [0.15, 0.2) is 12.4 Å². The Morgan fingerprint density at radius 2 is 1.90 bits per heavy atom. The number of nitrogens with zero attached hydrogens (tertiary/aromatic N) is 5. The van der Waals surface area contributed by atoms with E-state index in [1.165, 1.54) is 50.5 Å². The van der Waals surface area contributed by atoms with Crippen LogP contribution >= 0.6 is 0 Å². The van der Waals surface area contributed by atoms with Gasteiger partial charge in [-0.25, -0.2) is 15.0 Å². The molecule has 2 aromatic rings. The highest BCUT2D eigenvalue weighted by Gasteiger charge is 2.26. The topological polar surface area (TPSA) is 57.2 Å². The molecule has 0 aromatic carbocycles. The van der Waals surface area contributed by atoms with Crippen molar-refractivity contribution in [2.45, 2.75) is 89.6 Å². The first-order valence-electron chi connectivity index (χ1n) is 12.4. The molecule has 2 fully saturated rings. The second-order valence-electron chi connectivity index (χ2n) is 9.87. The van der Waals surface area contributed by atoms with Gasteiger partial charge in [0.2, 0.25) is 5.95 Å². The van der Waals surface area contributed by atoms with Gasteiger partial charge in [0, 0.05) is 43.1 Å². The predicted molar refractivity (Wildman–Crippen MR) is 130 cm³/mol. The lowest BCUT2D eigenvalue weighted by Gasteiger charge is -2.37. The van der Waals surface area contributed by atoms with E-state index in [9.17, 15) is 0 Å². The molecule has 6 nitrogen and oxygen atoms in total. The first-order valence-corrected chi connectivity index (χ1v) is 12.4. The SMILES string of the molecule is CCCC(C)Nc1ncc2c(N3CCCC(N(C)C)C3)ncc(C3CCCCC3)c2n1. The van der Waals surface area contributed by atoms with Gasteiger partial charge in [-0.15, -0.1) is 0 Å². The number of piperidine rings is 1. The van der Waals surface area contributed by atoms with E-state index in [1.54, 1.807) is 0 Å². The lowest BCUT2D eigenvalue weighted by atomic mass is 9.84. The number of hydrogen-bond donors (Lipinski definition) is 1. The Balaban J connectivity index is 1.72. The van der Waals surface area contributed by atoms with Gasteiger partial charge < -0.3 is 15.1 Å². The summed E-state index contributed by atoms with van der Waals surface area (Å²) in [5, 5.41) is 4.64. The van der Waals surface area contributed by atoms with Crippen LogP contribution in [0.5, 0.6) is 0 Å². The van der Waals surface area contributed by atoms with Crippen molar-refractivity contribution in [1.29, 1.82) is 0 Å². The van der Waals surface area contributed by atoms with Crippen molar-refractivity contribution in [2.24, 2.45) is 0 Å². The van der Waals surface area contributed by atoms with Crippen molar-refractivity contribution in [2.75, 3.05) is 37.4 Å². The molecule has 1 saturated heterocycles. The number of rotatable bonds is 7. The van der Waals surface area contributed by atoms with E-state index in [0.29, 0.717) is 18.0 Å². The summed E-state index contributed by atoms with van der Waals surface area (Å²) in [5.41, 5.74) is 2.44. The Kier molecular flexibility index (Phi) is 7.26. The summed E-state index contributed by atoms with van der Waals surface area (Å²) in [6.07, 6.45) is 15.4. The molecule has 2 atom stereocenters. The zero-order chi connectivity index (χ0) is 21.8. The van der Waals surface area contributed by atoms with E-state index < -0.39 is 0 Å². The van der Waals surface area contributed by atoms with Crippen LogP contribution in [0.3, 0.4) is 0 Å². The average molecular weight is 425 g/mol. The maximum Gasteiger partial charge on any atom is 0.223 e. The van der Waals surface area contributed by atoms with Crippen LogP contribution in [0.4, 0.5) is 11.8 Å². The van der Waals surface area contributed by atoms with Gasteiger partial charge in [0.15, 0.2) is 0 Å². The number of nitrogens with one attached hydrogen (secondary N) is 1. The third kappa shape index (κ3) is 5.11. The molecule has 2 aliphatic rings. The molecule has 170 valence electrons. The molecule has 1 aliphatic carbocycles. The van der Waals surface area contributed by atoms with Crippen LogP contribution in [0.25, 0.3) is 10.9 Å². The highest BCUT2D eigenvalue weighted by Crippen LogP contribution is 2.38. The third-order valence-corrected chi connectivity index (χ3v) is 7.20. The fraction of sp³-hybridized carbons (Fsp3) is 0.720. The largest absolute Gasteiger partial charge is 0.354 e. The molecule has 0 amide bonds. The van der Waals surface area contributed by atoms with Crippen LogP contribution in [0.1, 0.15) is 83.1 Å². The number of aromatic nitrogens is 3. The van der Waals surface area contributed by atoms with E-state index in [2.05, 4.69) is 49.3 Å². The van der Waals surface area contributed by atoms with E-state index in [4.69, 9.17) is 15.0 Å². The van der Waals surface area contributed by atoms with Crippen molar-refractivity contribution in [3.63, 3.8) is 0 Å². The predicted octanol–water partition coefficient (Wildman–Crippen LogP) is 5.20. The van der Waals surface area contributed by atoms with Gasteiger partial charge in [0.1, 0.15) is 5.82 Å². The minimum atomic E-state index is 0.379. The van der Waals surface area contributed by atoms with E-state index in [1.807, 2.05) is 6.20 Å². The normalized spacial score (nSPS) is 21.6. The average Bonchev–Trinajstić information content (AvgIpc) is 2.79. The van der Waals surface area contributed by atoms with E-state index in [-0.39, 0.29) is 0 Å². The lowest BCUT2D eigenvalue weighted by Crippen LogP contribution is -2.45. The summed E-state index contributed by atoms with van der Waals surface area (Å²) < 4.78 is 0. The molecular weight excluding hydrogens is 384 g/mol. The molecule has 4 rings (SSSR count). The Bertz CT molecular complexity index is 860. The van der Waals surface area contributed by atoms with Gasteiger partial charge in [0.05, 0.1) is 10.9 Å². The second kappa shape index (κ2) is 10.1. The summed E-state index contributed by atoms with van der Waals surface area (Å²) >= 11 is 0.